The van der Waals surface area contributed by atoms with E-state index in [9.17, 15) is 0 Å². The lowest BCUT2D eigenvalue weighted by atomic mass is 9.98. The van der Waals surface area contributed by atoms with Crippen molar-refractivity contribution >= 4 is 82.4 Å². The van der Waals surface area contributed by atoms with Gasteiger partial charge in [-0.25, -0.2) is 0 Å². The standard InChI is InChI=1S/C56H36N2O/c1-2-15-43(16-3-1)57-51-20-8-6-18-46(51)49-36-42(31-35-52(49)57)39-26-24-37(25-27-39)38-28-32-44(33-29-38)58(50-21-10-13-40-12-4-5-17-45(40)50)53-22-11-14-41-30-34-48-47-19-7-9-23-54(47)59-56(48)55(41)53/h1-36H. The van der Waals surface area contributed by atoms with Crippen LogP contribution in [-0.4, -0.2) is 4.57 Å². The fraction of sp³-hybridized carbons (Fsp3) is 0. The van der Waals surface area contributed by atoms with Crippen molar-refractivity contribution in [3.63, 3.8) is 0 Å². The summed E-state index contributed by atoms with van der Waals surface area (Å²) in [5.74, 6) is 0. The van der Waals surface area contributed by atoms with E-state index in [-0.39, 0.29) is 0 Å². The molecule has 0 unspecified atom stereocenters. The zero-order chi connectivity index (χ0) is 38.9. The van der Waals surface area contributed by atoms with Gasteiger partial charge in [-0.3, -0.25) is 0 Å². The maximum absolute atomic E-state index is 6.67. The summed E-state index contributed by atoms with van der Waals surface area (Å²) in [6, 6.07) is 78.6. The Hall–Kier alpha value is -7.88. The van der Waals surface area contributed by atoms with Gasteiger partial charge in [-0.1, -0.05) is 152 Å². The van der Waals surface area contributed by atoms with Crippen LogP contribution >= 0.6 is 0 Å². The number of aromatic nitrogens is 1. The molecule has 0 radical (unpaired) electrons. The lowest BCUT2D eigenvalue weighted by molar-refractivity contribution is 0.672. The van der Waals surface area contributed by atoms with Crippen LogP contribution in [0.3, 0.4) is 0 Å². The molecule has 10 aromatic carbocycles. The van der Waals surface area contributed by atoms with Crippen LogP contribution < -0.4 is 4.90 Å². The van der Waals surface area contributed by atoms with Crippen molar-refractivity contribution in [2.24, 2.45) is 0 Å². The van der Waals surface area contributed by atoms with Crippen LogP contribution in [0, 0.1) is 0 Å². The van der Waals surface area contributed by atoms with E-state index in [0.717, 1.165) is 55.3 Å². The number of nitrogens with zero attached hydrogens (tertiary/aromatic N) is 2. The fourth-order valence-electron chi connectivity index (χ4n) is 9.20. The molecule has 2 heterocycles. The Labute approximate surface area is 341 Å². The first-order valence-electron chi connectivity index (χ1n) is 20.2. The van der Waals surface area contributed by atoms with E-state index >= 15 is 0 Å². The average Bonchev–Trinajstić information content (AvgIpc) is 3.86. The van der Waals surface area contributed by atoms with Crippen molar-refractivity contribution in [3.05, 3.63) is 218 Å². The van der Waals surface area contributed by atoms with Gasteiger partial charge in [-0.05, 0) is 99.8 Å². The summed E-state index contributed by atoms with van der Waals surface area (Å²) >= 11 is 0. The van der Waals surface area contributed by atoms with Crippen LogP contribution in [0.5, 0.6) is 0 Å². The maximum Gasteiger partial charge on any atom is 0.145 e. The molecule has 2 aromatic heterocycles. The van der Waals surface area contributed by atoms with Gasteiger partial charge < -0.3 is 13.9 Å². The van der Waals surface area contributed by atoms with Gasteiger partial charge in [-0.2, -0.15) is 0 Å². The van der Waals surface area contributed by atoms with E-state index in [4.69, 9.17) is 4.42 Å². The van der Waals surface area contributed by atoms with E-state index in [1.165, 1.54) is 55.0 Å². The molecule has 0 spiro atoms. The zero-order valence-corrected chi connectivity index (χ0v) is 32.1. The van der Waals surface area contributed by atoms with Crippen LogP contribution in [0.4, 0.5) is 17.1 Å². The van der Waals surface area contributed by atoms with Crippen molar-refractivity contribution in [3.8, 4) is 27.9 Å². The monoisotopic (exact) mass is 752 g/mol. The Morgan fingerprint density at radius 2 is 0.949 bits per heavy atom. The Bertz CT molecular complexity index is 3540. The Morgan fingerprint density at radius 1 is 0.356 bits per heavy atom. The first kappa shape index (κ1) is 33.3. The van der Waals surface area contributed by atoms with E-state index < -0.39 is 0 Å². The van der Waals surface area contributed by atoms with Crippen molar-refractivity contribution in [1.29, 1.82) is 0 Å². The molecule has 59 heavy (non-hydrogen) atoms. The Kier molecular flexibility index (Phi) is 7.54. The number of hydrogen-bond donors (Lipinski definition) is 0. The minimum atomic E-state index is 0.896. The van der Waals surface area contributed by atoms with Crippen LogP contribution in [0.2, 0.25) is 0 Å². The molecular weight excluding hydrogens is 717 g/mol. The highest BCUT2D eigenvalue weighted by Crippen LogP contribution is 2.46. The van der Waals surface area contributed by atoms with Gasteiger partial charge in [0.05, 0.1) is 22.4 Å². The number of furan rings is 1. The summed E-state index contributed by atoms with van der Waals surface area (Å²) in [6.45, 7) is 0. The number of hydrogen-bond acceptors (Lipinski definition) is 2. The molecule has 0 N–H and O–H groups in total. The van der Waals surface area contributed by atoms with Crippen molar-refractivity contribution < 1.29 is 4.42 Å². The molecule has 0 aliphatic carbocycles. The van der Waals surface area contributed by atoms with Gasteiger partial charge in [0.25, 0.3) is 0 Å². The van der Waals surface area contributed by atoms with Gasteiger partial charge in [-0.15, -0.1) is 0 Å². The fourth-order valence-corrected chi connectivity index (χ4v) is 9.20. The Morgan fingerprint density at radius 3 is 1.76 bits per heavy atom. The lowest BCUT2D eigenvalue weighted by Gasteiger charge is -2.28. The molecule has 0 fully saturated rings. The van der Waals surface area contributed by atoms with E-state index in [0.29, 0.717) is 0 Å². The molecule has 0 saturated carbocycles. The lowest BCUT2D eigenvalue weighted by Crippen LogP contribution is -2.11. The second kappa shape index (κ2) is 13.4. The smallest absolute Gasteiger partial charge is 0.145 e. The second-order valence-electron chi connectivity index (χ2n) is 15.3. The van der Waals surface area contributed by atoms with Gasteiger partial charge in [0.15, 0.2) is 0 Å². The summed E-state index contributed by atoms with van der Waals surface area (Å²) in [4.78, 5) is 2.40. The first-order valence-corrected chi connectivity index (χ1v) is 20.2. The molecular formula is C56H36N2O. The summed E-state index contributed by atoms with van der Waals surface area (Å²) in [6.07, 6.45) is 0. The molecule has 12 aromatic rings. The van der Waals surface area contributed by atoms with Gasteiger partial charge in [0, 0.05) is 43.7 Å². The largest absolute Gasteiger partial charge is 0.455 e. The number of para-hydroxylation sites is 3. The molecule has 0 atom stereocenters. The van der Waals surface area contributed by atoms with Crippen LogP contribution in [-0.2, 0) is 0 Å². The predicted molar refractivity (Wildman–Crippen MR) is 249 cm³/mol. The summed E-state index contributed by atoms with van der Waals surface area (Å²) < 4.78 is 9.03. The third-order valence-corrected chi connectivity index (χ3v) is 12.0. The van der Waals surface area contributed by atoms with Crippen LogP contribution in [0.1, 0.15) is 0 Å². The summed E-state index contributed by atoms with van der Waals surface area (Å²) in [5, 5.41) is 9.37. The predicted octanol–water partition coefficient (Wildman–Crippen LogP) is 15.8. The molecule has 0 bridgehead atoms. The summed E-state index contributed by atoms with van der Waals surface area (Å²) in [5.41, 5.74) is 13.4. The molecule has 12 rings (SSSR count). The number of fused-ring (bicyclic) bond motifs is 9. The molecule has 0 saturated heterocycles. The number of anilines is 3. The third-order valence-electron chi connectivity index (χ3n) is 12.0. The molecule has 276 valence electrons. The maximum atomic E-state index is 6.67. The quantitative estimate of drug-likeness (QED) is 0.169. The number of rotatable bonds is 6. The SMILES string of the molecule is c1ccc(-n2c3ccccc3c3cc(-c4ccc(-c5ccc(N(c6cccc7ccccc67)c6cccc7ccc8c9ccccc9oc8c67)cc5)cc4)ccc32)cc1. The molecule has 3 nitrogen and oxygen atoms in total. The van der Waals surface area contributed by atoms with Crippen LogP contribution in [0.25, 0.3) is 93.2 Å². The van der Waals surface area contributed by atoms with E-state index in [1.54, 1.807) is 0 Å². The average molecular weight is 753 g/mol. The third kappa shape index (κ3) is 5.36. The van der Waals surface area contributed by atoms with Crippen molar-refractivity contribution in [2.75, 3.05) is 4.90 Å². The molecule has 0 aliphatic heterocycles. The van der Waals surface area contributed by atoms with Gasteiger partial charge >= 0.3 is 0 Å². The topological polar surface area (TPSA) is 21.3 Å². The highest BCUT2D eigenvalue weighted by Gasteiger charge is 2.21. The normalized spacial score (nSPS) is 11.7. The second-order valence-corrected chi connectivity index (χ2v) is 15.3. The Balaban J connectivity index is 0.946. The van der Waals surface area contributed by atoms with Crippen molar-refractivity contribution in [2.45, 2.75) is 0 Å². The minimum absolute atomic E-state index is 0.896. The highest BCUT2D eigenvalue weighted by atomic mass is 16.3. The molecule has 3 heteroatoms. The van der Waals surface area contributed by atoms with Gasteiger partial charge in [0.2, 0.25) is 0 Å². The van der Waals surface area contributed by atoms with Crippen molar-refractivity contribution in [1.82, 2.24) is 4.57 Å². The summed E-state index contributed by atoms with van der Waals surface area (Å²) in [7, 11) is 0. The van der Waals surface area contributed by atoms with E-state index in [2.05, 4.69) is 222 Å². The number of benzene rings is 10. The first-order chi connectivity index (χ1) is 29.3. The minimum Gasteiger partial charge on any atom is -0.455 e. The van der Waals surface area contributed by atoms with E-state index in [1.807, 2.05) is 6.07 Å². The van der Waals surface area contributed by atoms with Gasteiger partial charge in [0.1, 0.15) is 11.2 Å². The molecule has 0 amide bonds. The highest BCUT2D eigenvalue weighted by molar-refractivity contribution is 6.20. The van der Waals surface area contributed by atoms with Crippen LogP contribution in [0.15, 0.2) is 223 Å². The zero-order valence-electron chi connectivity index (χ0n) is 32.1. The molecule has 0 aliphatic rings.